The van der Waals surface area contributed by atoms with Gasteiger partial charge in [0.25, 0.3) is 0 Å². The number of nitrogens with zero attached hydrogens (tertiary/aromatic N) is 2. The summed E-state index contributed by atoms with van der Waals surface area (Å²) in [6, 6.07) is 8.52. The van der Waals surface area contributed by atoms with Gasteiger partial charge in [0.15, 0.2) is 5.16 Å². The third-order valence-electron chi connectivity index (χ3n) is 2.04. The van der Waals surface area contributed by atoms with Crippen LogP contribution in [0.5, 0.6) is 0 Å². The van der Waals surface area contributed by atoms with Crippen LogP contribution in [0, 0.1) is 10.5 Å². The molecule has 0 unspecified atom stereocenters. The van der Waals surface area contributed by atoms with Crippen LogP contribution in [0.3, 0.4) is 0 Å². The van der Waals surface area contributed by atoms with Crippen LogP contribution < -0.4 is 0 Å². The third-order valence-corrected chi connectivity index (χ3v) is 3.70. The lowest BCUT2D eigenvalue weighted by molar-refractivity contribution is 0.949. The molecule has 16 heavy (non-hydrogen) atoms. The van der Waals surface area contributed by atoms with E-state index in [1.165, 1.54) is 9.13 Å². The smallest absolute Gasteiger partial charge is 0.187 e. The normalized spacial score (nSPS) is 10.4. The van der Waals surface area contributed by atoms with Gasteiger partial charge in [-0.05, 0) is 52.8 Å². The summed E-state index contributed by atoms with van der Waals surface area (Å²) in [7, 11) is 0. The minimum atomic E-state index is 0.837. The summed E-state index contributed by atoms with van der Waals surface area (Å²) in [6.07, 6.45) is 3.70. The summed E-state index contributed by atoms with van der Waals surface area (Å²) in [5.74, 6) is 0.917. The highest BCUT2D eigenvalue weighted by atomic mass is 127. The average molecular weight is 342 g/mol. The van der Waals surface area contributed by atoms with Gasteiger partial charge in [-0.2, -0.15) is 0 Å². The lowest BCUT2D eigenvalue weighted by Crippen LogP contribution is -1.88. The number of hydrogen-bond acceptors (Lipinski definition) is 3. The Labute approximate surface area is 113 Å². The molecule has 1 heterocycles. The Morgan fingerprint density at radius 3 is 2.38 bits per heavy atom. The zero-order valence-corrected chi connectivity index (χ0v) is 11.8. The van der Waals surface area contributed by atoms with E-state index in [-0.39, 0.29) is 0 Å². The van der Waals surface area contributed by atoms with Crippen molar-refractivity contribution in [3.63, 3.8) is 0 Å². The number of hydrogen-bond donors (Lipinski definition) is 0. The molecule has 0 bridgehead atoms. The minimum absolute atomic E-state index is 0.837. The first-order valence-electron chi connectivity index (χ1n) is 4.90. The van der Waals surface area contributed by atoms with Gasteiger partial charge in [-0.3, -0.25) is 0 Å². The van der Waals surface area contributed by atoms with E-state index in [0.29, 0.717) is 0 Å². The van der Waals surface area contributed by atoms with E-state index in [1.54, 1.807) is 11.8 Å². The SMILES string of the molecule is Cc1cnc(SCc2ccc(I)cc2)nc1. The molecule has 0 aliphatic carbocycles. The van der Waals surface area contributed by atoms with E-state index < -0.39 is 0 Å². The average Bonchev–Trinajstić information content (AvgIpc) is 2.30. The van der Waals surface area contributed by atoms with Crippen LogP contribution in [-0.2, 0) is 5.75 Å². The first-order chi connectivity index (χ1) is 7.74. The molecule has 2 rings (SSSR count). The fourth-order valence-electron chi connectivity index (χ4n) is 1.18. The first kappa shape index (κ1) is 11.9. The second-order valence-electron chi connectivity index (χ2n) is 3.46. The lowest BCUT2D eigenvalue weighted by atomic mass is 10.2. The molecule has 0 spiro atoms. The molecule has 0 aliphatic rings. The van der Waals surface area contributed by atoms with E-state index in [4.69, 9.17) is 0 Å². The highest BCUT2D eigenvalue weighted by Gasteiger charge is 1.98. The van der Waals surface area contributed by atoms with E-state index in [1.807, 2.05) is 19.3 Å². The molecule has 0 saturated carbocycles. The van der Waals surface area contributed by atoms with Crippen molar-refractivity contribution < 1.29 is 0 Å². The highest BCUT2D eigenvalue weighted by molar-refractivity contribution is 14.1. The Hall–Kier alpha value is -0.620. The maximum atomic E-state index is 4.26. The number of thioether (sulfide) groups is 1. The van der Waals surface area contributed by atoms with Gasteiger partial charge in [-0.25, -0.2) is 9.97 Å². The van der Waals surface area contributed by atoms with Gasteiger partial charge in [0, 0.05) is 21.7 Å². The largest absolute Gasteiger partial charge is 0.231 e. The molecule has 4 heteroatoms. The van der Waals surface area contributed by atoms with E-state index >= 15 is 0 Å². The fraction of sp³-hybridized carbons (Fsp3) is 0.167. The molecule has 0 radical (unpaired) electrons. The van der Waals surface area contributed by atoms with Crippen LogP contribution in [0.25, 0.3) is 0 Å². The van der Waals surface area contributed by atoms with Crippen LogP contribution in [0.2, 0.25) is 0 Å². The number of aryl methyl sites for hydroxylation is 1. The van der Waals surface area contributed by atoms with Crippen molar-refractivity contribution in [2.45, 2.75) is 17.8 Å². The van der Waals surface area contributed by atoms with Gasteiger partial charge in [0.2, 0.25) is 0 Å². The first-order valence-corrected chi connectivity index (χ1v) is 6.96. The summed E-state index contributed by atoms with van der Waals surface area (Å²) in [6.45, 7) is 1.99. The van der Waals surface area contributed by atoms with Crippen LogP contribution in [0.1, 0.15) is 11.1 Å². The van der Waals surface area contributed by atoms with E-state index in [2.05, 4.69) is 56.8 Å². The van der Waals surface area contributed by atoms with Crippen molar-refractivity contribution in [1.82, 2.24) is 9.97 Å². The Morgan fingerprint density at radius 1 is 1.12 bits per heavy atom. The molecule has 1 aromatic heterocycles. The van der Waals surface area contributed by atoms with Gasteiger partial charge >= 0.3 is 0 Å². The number of halogens is 1. The van der Waals surface area contributed by atoms with Crippen LogP contribution in [-0.4, -0.2) is 9.97 Å². The molecule has 82 valence electrons. The predicted molar refractivity (Wildman–Crippen MR) is 75.5 cm³/mol. The van der Waals surface area contributed by atoms with Crippen molar-refractivity contribution in [2.24, 2.45) is 0 Å². The molecular weight excluding hydrogens is 331 g/mol. The second-order valence-corrected chi connectivity index (χ2v) is 5.65. The van der Waals surface area contributed by atoms with Crippen LogP contribution >= 0.6 is 34.4 Å². The van der Waals surface area contributed by atoms with Gasteiger partial charge in [0.1, 0.15) is 0 Å². The molecule has 0 fully saturated rings. The standard InChI is InChI=1S/C12H11IN2S/c1-9-6-14-12(15-7-9)16-8-10-2-4-11(13)5-3-10/h2-7H,8H2,1H3. The van der Waals surface area contributed by atoms with Crippen LogP contribution in [0.4, 0.5) is 0 Å². The van der Waals surface area contributed by atoms with Crippen LogP contribution in [0.15, 0.2) is 41.8 Å². The molecule has 0 saturated heterocycles. The molecule has 0 aliphatic heterocycles. The van der Waals surface area contributed by atoms with Crippen molar-refractivity contribution in [3.05, 3.63) is 51.4 Å². The third kappa shape index (κ3) is 3.45. The van der Waals surface area contributed by atoms with E-state index in [9.17, 15) is 0 Å². The molecule has 2 aromatic rings. The zero-order chi connectivity index (χ0) is 11.4. The Kier molecular flexibility index (Phi) is 4.17. The Morgan fingerprint density at radius 2 is 1.75 bits per heavy atom. The zero-order valence-electron chi connectivity index (χ0n) is 8.85. The maximum Gasteiger partial charge on any atom is 0.187 e. The fourth-order valence-corrected chi connectivity index (χ4v) is 2.29. The quantitative estimate of drug-likeness (QED) is 0.483. The van der Waals surface area contributed by atoms with Crippen molar-refractivity contribution in [2.75, 3.05) is 0 Å². The predicted octanol–water partition coefficient (Wildman–Crippen LogP) is 3.68. The Balaban J connectivity index is 1.97. The highest BCUT2D eigenvalue weighted by Crippen LogP contribution is 2.19. The van der Waals surface area contributed by atoms with Crippen molar-refractivity contribution in [3.8, 4) is 0 Å². The lowest BCUT2D eigenvalue weighted by Gasteiger charge is -2.01. The minimum Gasteiger partial charge on any atom is -0.231 e. The van der Waals surface area contributed by atoms with E-state index in [0.717, 1.165) is 16.5 Å². The number of benzene rings is 1. The topological polar surface area (TPSA) is 25.8 Å². The molecule has 2 nitrogen and oxygen atoms in total. The summed E-state index contributed by atoms with van der Waals surface area (Å²) in [4.78, 5) is 8.52. The second kappa shape index (κ2) is 5.63. The number of aromatic nitrogens is 2. The van der Waals surface area contributed by atoms with Gasteiger partial charge in [-0.1, -0.05) is 23.9 Å². The summed E-state index contributed by atoms with van der Waals surface area (Å²) in [5.41, 5.74) is 2.40. The molecule has 0 N–H and O–H groups in total. The summed E-state index contributed by atoms with van der Waals surface area (Å²) >= 11 is 3.97. The Bertz CT molecular complexity index is 408. The van der Waals surface area contributed by atoms with Crippen molar-refractivity contribution in [1.29, 1.82) is 0 Å². The van der Waals surface area contributed by atoms with Gasteiger partial charge in [0.05, 0.1) is 0 Å². The van der Waals surface area contributed by atoms with Crippen molar-refractivity contribution >= 4 is 34.4 Å². The molecular formula is C12H11IN2S. The molecule has 0 atom stereocenters. The van der Waals surface area contributed by atoms with Gasteiger partial charge < -0.3 is 0 Å². The van der Waals surface area contributed by atoms with Gasteiger partial charge in [-0.15, -0.1) is 0 Å². The summed E-state index contributed by atoms with van der Waals surface area (Å²) < 4.78 is 1.26. The molecule has 0 amide bonds. The number of rotatable bonds is 3. The molecule has 1 aromatic carbocycles. The summed E-state index contributed by atoms with van der Waals surface area (Å²) in [5, 5.41) is 0.837. The maximum absolute atomic E-state index is 4.26. The monoisotopic (exact) mass is 342 g/mol.